The highest BCUT2D eigenvalue weighted by atomic mass is 16.6. The van der Waals surface area contributed by atoms with Crippen LogP contribution in [0.2, 0.25) is 0 Å². The lowest BCUT2D eigenvalue weighted by Gasteiger charge is -2.53. The molecule has 2 aliphatic carbocycles. The van der Waals surface area contributed by atoms with Crippen molar-refractivity contribution >= 4 is 12.1 Å². The fourth-order valence-corrected chi connectivity index (χ4v) is 9.77. The third-order valence-corrected chi connectivity index (χ3v) is 12.0. The van der Waals surface area contributed by atoms with E-state index < -0.39 is 17.6 Å². The van der Waals surface area contributed by atoms with Crippen LogP contribution in [0.15, 0.2) is 54.6 Å². The smallest absolute Gasteiger partial charge is 0.407 e. The Hall–Kier alpha value is -3.41. The molecule has 2 aromatic rings. The van der Waals surface area contributed by atoms with E-state index in [0.29, 0.717) is 12.1 Å². The molecular weight excluding hydrogens is 588 g/mol. The van der Waals surface area contributed by atoms with Crippen LogP contribution in [0, 0.1) is 23.2 Å². The fourth-order valence-electron chi connectivity index (χ4n) is 9.77. The number of carbonyl (C=O) groups excluding carboxylic acids is 1. The third kappa shape index (κ3) is 7.07. The standard InChI is InChI=1S/C39H52N4O4/c1-28-36(42-23-21-34(22-24-42)47-38(46)41-26-30-19-17-29(25-40)18-20-30)35(31-11-5-2-6-12-31)27-43(28)39(37(44)45,32-13-7-3-8-14-32)33-15-9-4-10-16-33/h2,5-6,11-12,17-20,28,32-36H,3-4,7-10,13-16,21-24,26-27H2,1H3,(H,41,46)(H,44,45)/t28-,35-,36-/m1/s1. The molecule has 0 unspecified atom stereocenters. The molecule has 0 radical (unpaired) electrons. The van der Waals surface area contributed by atoms with Gasteiger partial charge in [0.05, 0.1) is 11.6 Å². The predicted octanol–water partition coefficient (Wildman–Crippen LogP) is 7.09. The zero-order chi connectivity index (χ0) is 32.8. The zero-order valence-corrected chi connectivity index (χ0v) is 28.0. The summed E-state index contributed by atoms with van der Waals surface area (Å²) < 4.78 is 5.86. The van der Waals surface area contributed by atoms with Gasteiger partial charge in [-0.2, -0.15) is 5.26 Å². The lowest BCUT2D eigenvalue weighted by Crippen LogP contribution is -2.66. The van der Waals surface area contributed by atoms with Gasteiger partial charge in [0.15, 0.2) is 0 Å². The van der Waals surface area contributed by atoms with E-state index in [-0.39, 0.29) is 35.9 Å². The van der Waals surface area contributed by atoms with Crippen LogP contribution in [0.3, 0.4) is 0 Å². The minimum Gasteiger partial charge on any atom is -0.480 e. The molecule has 252 valence electrons. The van der Waals surface area contributed by atoms with E-state index in [0.717, 1.165) is 89.4 Å². The summed E-state index contributed by atoms with van der Waals surface area (Å²) in [5.74, 6) is 0.00726. The molecular formula is C39H52N4O4. The average molecular weight is 641 g/mol. The van der Waals surface area contributed by atoms with E-state index in [1.807, 2.05) is 12.1 Å². The average Bonchev–Trinajstić information content (AvgIpc) is 3.46. The molecule has 3 atom stereocenters. The molecule has 8 nitrogen and oxygen atoms in total. The number of rotatable bonds is 9. The number of hydrogen-bond donors (Lipinski definition) is 2. The molecule has 47 heavy (non-hydrogen) atoms. The van der Waals surface area contributed by atoms with Crippen molar-refractivity contribution in [2.75, 3.05) is 19.6 Å². The van der Waals surface area contributed by atoms with E-state index in [2.05, 4.69) is 58.4 Å². The normalized spacial score (nSPS) is 25.7. The molecule has 2 aromatic carbocycles. The van der Waals surface area contributed by atoms with Crippen molar-refractivity contribution in [3.63, 3.8) is 0 Å². The van der Waals surface area contributed by atoms with Gasteiger partial charge in [-0.15, -0.1) is 0 Å². The largest absolute Gasteiger partial charge is 0.480 e. The highest BCUT2D eigenvalue weighted by Gasteiger charge is 2.61. The van der Waals surface area contributed by atoms with Gasteiger partial charge in [0.25, 0.3) is 0 Å². The maximum Gasteiger partial charge on any atom is 0.407 e. The van der Waals surface area contributed by atoms with Gasteiger partial charge in [0.1, 0.15) is 11.6 Å². The maximum absolute atomic E-state index is 13.9. The highest BCUT2D eigenvalue weighted by molar-refractivity contribution is 5.80. The number of aliphatic carboxylic acids is 1. The summed E-state index contributed by atoms with van der Waals surface area (Å²) in [5.41, 5.74) is 1.98. The van der Waals surface area contributed by atoms with Crippen molar-refractivity contribution < 1.29 is 19.4 Å². The second-order valence-electron chi connectivity index (χ2n) is 14.5. The number of nitrogens with one attached hydrogen (secondary N) is 1. The van der Waals surface area contributed by atoms with Gasteiger partial charge < -0.3 is 15.2 Å². The van der Waals surface area contributed by atoms with Crippen molar-refractivity contribution in [1.29, 1.82) is 5.26 Å². The quantitative estimate of drug-likeness (QED) is 0.302. The summed E-state index contributed by atoms with van der Waals surface area (Å²) >= 11 is 0. The van der Waals surface area contributed by atoms with Crippen LogP contribution < -0.4 is 5.32 Å². The summed E-state index contributed by atoms with van der Waals surface area (Å²) in [4.78, 5) is 31.6. The van der Waals surface area contributed by atoms with Crippen LogP contribution in [0.4, 0.5) is 4.79 Å². The Bertz CT molecular complexity index is 1350. The number of amides is 1. The summed E-state index contributed by atoms with van der Waals surface area (Å²) in [6.45, 7) is 5.05. The van der Waals surface area contributed by atoms with Crippen LogP contribution in [0.1, 0.15) is 107 Å². The van der Waals surface area contributed by atoms with Gasteiger partial charge in [0, 0.05) is 44.2 Å². The van der Waals surface area contributed by atoms with E-state index in [9.17, 15) is 14.7 Å². The minimum absolute atomic E-state index is 0.0911. The van der Waals surface area contributed by atoms with Crippen LogP contribution in [0.5, 0.6) is 0 Å². The molecule has 0 aromatic heterocycles. The molecule has 8 heteroatoms. The van der Waals surface area contributed by atoms with Crippen molar-refractivity contribution in [1.82, 2.24) is 15.1 Å². The van der Waals surface area contributed by atoms with Gasteiger partial charge in [-0.25, -0.2) is 4.79 Å². The van der Waals surface area contributed by atoms with Gasteiger partial charge >= 0.3 is 12.1 Å². The Morgan fingerprint density at radius 3 is 2.04 bits per heavy atom. The van der Waals surface area contributed by atoms with Crippen molar-refractivity contribution in [3.05, 3.63) is 71.3 Å². The van der Waals surface area contributed by atoms with Crippen molar-refractivity contribution in [2.45, 2.75) is 120 Å². The maximum atomic E-state index is 13.9. The van der Waals surface area contributed by atoms with Gasteiger partial charge in [0.2, 0.25) is 0 Å². The van der Waals surface area contributed by atoms with Crippen molar-refractivity contribution in [2.24, 2.45) is 11.8 Å². The molecule has 0 spiro atoms. The first kappa shape index (κ1) is 33.5. The van der Waals surface area contributed by atoms with Crippen molar-refractivity contribution in [3.8, 4) is 6.07 Å². The number of hydrogen-bond acceptors (Lipinski definition) is 6. The number of carboxylic acid groups (broad SMARTS) is 1. The number of benzene rings is 2. The number of nitrogens with zero attached hydrogens (tertiary/aromatic N) is 3. The van der Waals surface area contributed by atoms with E-state index >= 15 is 0 Å². The number of carboxylic acids is 1. The minimum atomic E-state index is -0.823. The zero-order valence-electron chi connectivity index (χ0n) is 28.0. The number of ether oxygens (including phenoxy) is 1. The molecule has 2 saturated carbocycles. The summed E-state index contributed by atoms with van der Waals surface area (Å²) in [6.07, 6.45) is 12.0. The molecule has 0 bridgehead atoms. The molecule has 1 amide bonds. The number of likely N-dealkylation sites (tertiary alicyclic amines) is 2. The molecule has 4 fully saturated rings. The Balaban J connectivity index is 1.18. The number of nitriles is 1. The van der Waals surface area contributed by atoms with Gasteiger partial charge in [-0.05, 0) is 80.5 Å². The molecule has 2 aliphatic heterocycles. The first-order chi connectivity index (χ1) is 22.9. The number of piperidine rings is 1. The van der Waals surface area contributed by atoms with Crippen LogP contribution >= 0.6 is 0 Å². The summed E-state index contributed by atoms with van der Waals surface area (Å²) in [6, 6.07) is 20.3. The lowest BCUT2D eigenvalue weighted by molar-refractivity contribution is -0.167. The Morgan fingerprint density at radius 1 is 0.894 bits per heavy atom. The second-order valence-corrected chi connectivity index (χ2v) is 14.5. The topological polar surface area (TPSA) is 106 Å². The Kier molecular flexibility index (Phi) is 10.8. The Morgan fingerprint density at radius 2 is 1.49 bits per heavy atom. The second kappa shape index (κ2) is 15.2. The summed E-state index contributed by atoms with van der Waals surface area (Å²) in [5, 5.41) is 23.3. The molecule has 2 heterocycles. The lowest BCUT2D eigenvalue weighted by atomic mass is 9.63. The number of carbonyl (C=O) groups is 2. The van der Waals surface area contributed by atoms with Crippen LogP contribution in [0.25, 0.3) is 0 Å². The monoisotopic (exact) mass is 640 g/mol. The van der Waals surface area contributed by atoms with Crippen LogP contribution in [-0.2, 0) is 16.1 Å². The van der Waals surface area contributed by atoms with E-state index in [1.165, 1.54) is 18.4 Å². The SMILES string of the molecule is C[C@@H]1[C@@H](N2CCC(OC(=O)NCc3ccc(C#N)cc3)CC2)[C@@H](c2ccccc2)CN1C(C(=O)O)(C1CCCCC1)C1CCCCC1. The molecule has 6 rings (SSSR count). The number of alkyl carbamates (subject to hydrolysis) is 1. The Labute approximate surface area is 280 Å². The first-order valence-electron chi connectivity index (χ1n) is 18.1. The first-order valence-corrected chi connectivity index (χ1v) is 18.1. The molecule has 2 N–H and O–H groups in total. The van der Waals surface area contributed by atoms with Gasteiger partial charge in [-0.1, -0.05) is 81.0 Å². The molecule has 4 aliphatic rings. The fraction of sp³-hybridized carbons (Fsp3) is 0.615. The highest BCUT2D eigenvalue weighted by Crippen LogP contribution is 2.51. The third-order valence-electron chi connectivity index (χ3n) is 12.0. The summed E-state index contributed by atoms with van der Waals surface area (Å²) in [7, 11) is 0. The van der Waals surface area contributed by atoms with Gasteiger partial charge in [-0.3, -0.25) is 14.6 Å². The molecule has 2 saturated heterocycles. The van der Waals surface area contributed by atoms with Crippen LogP contribution in [-0.4, -0.2) is 70.3 Å². The van der Waals surface area contributed by atoms with E-state index in [1.54, 1.807) is 12.1 Å². The van der Waals surface area contributed by atoms with E-state index in [4.69, 9.17) is 10.00 Å². The predicted molar refractivity (Wildman–Crippen MR) is 182 cm³/mol.